The van der Waals surface area contributed by atoms with Crippen LogP contribution in [0.1, 0.15) is 28.2 Å². The molecule has 0 bridgehead atoms. The zero-order chi connectivity index (χ0) is 20.6. The Morgan fingerprint density at radius 3 is 2.00 bits per heavy atom. The molecule has 1 N–H and O–H groups in total. The van der Waals surface area contributed by atoms with Crippen LogP contribution in [0.4, 0.5) is 0 Å². The molecule has 0 saturated heterocycles. The highest BCUT2D eigenvalue weighted by Gasteiger charge is 2.20. The van der Waals surface area contributed by atoms with Crippen LogP contribution in [0.3, 0.4) is 0 Å². The fourth-order valence-electron chi connectivity index (χ4n) is 3.33. The molecule has 4 heteroatoms. The third kappa shape index (κ3) is 6.11. The largest absolute Gasteiger partial charge is 0.490 e. The summed E-state index contributed by atoms with van der Waals surface area (Å²) >= 11 is 0. The molecule has 1 unspecified atom stereocenters. The number of carboxylic acids is 1. The van der Waals surface area contributed by atoms with E-state index in [1.807, 2.05) is 80.6 Å². The van der Waals surface area contributed by atoms with E-state index >= 15 is 0 Å². The van der Waals surface area contributed by atoms with E-state index in [1.54, 1.807) is 0 Å². The predicted molar refractivity (Wildman–Crippen MR) is 114 cm³/mol. The van der Waals surface area contributed by atoms with Crippen molar-refractivity contribution in [2.45, 2.75) is 26.2 Å². The molecule has 0 aliphatic heterocycles. The van der Waals surface area contributed by atoms with E-state index in [2.05, 4.69) is 6.07 Å². The minimum atomic E-state index is -0.819. The van der Waals surface area contributed by atoms with Crippen molar-refractivity contribution >= 4 is 5.97 Å². The summed E-state index contributed by atoms with van der Waals surface area (Å²) in [5.41, 5.74) is 4.11. The number of rotatable bonds is 9. The van der Waals surface area contributed by atoms with Crippen molar-refractivity contribution in [2.75, 3.05) is 13.2 Å². The molecule has 3 aromatic carbocycles. The van der Waals surface area contributed by atoms with Crippen LogP contribution in [0.15, 0.2) is 72.8 Å². The summed E-state index contributed by atoms with van der Waals surface area (Å²) in [4.78, 5) is 11.7. The summed E-state index contributed by atoms with van der Waals surface area (Å²) in [5, 5.41) is 9.58. The Labute approximate surface area is 171 Å². The van der Waals surface area contributed by atoms with Crippen molar-refractivity contribution in [3.63, 3.8) is 0 Å². The number of hydrogen-bond donors (Lipinski definition) is 1. The van der Waals surface area contributed by atoms with Gasteiger partial charge in [-0.1, -0.05) is 48.5 Å². The van der Waals surface area contributed by atoms with Crippen molar-refractivity contribution in [1.29, 1.82) is 0 Å². The smallest absolute Gasteiger partial charge is 0.311 e. The molecular weight excluding hydrogens is 364 g/mol. The standard InChI is InChI=1S/C25H26O4/c1-18-14-19(2)16-23(15-18)29-13-12-28-22-10-8-20(9-11-22)17-24(25(26)27)21-6-4-3-5-7-21/h3-11,14-16,24H,12-13,17H2,1-2H3,(H,26,27). The average Bonchev–Trinajstić information content (AvgIpc) is 2.70. The Morgan fingerprint density at radius 1 is 0.828 bits per heavy atom. The van der Waals surface area contributed by atoms with Gasteiger partial charge in [0.05, 0.1) is 5.92 Å². The lowest BCUT2D eigenvalue weighted by atomic mass is 9.92. The first-order valence-corrected chi connectivity index (χ1v) is 9.72. The number of carboxylic acid groups (broad SMARTS) is 1. The van der Waals surface area contributed by atoms with Crippen LogP contribution in [0.5, 0.6) is 11.5 Å². The van der Waals surface area contributed by atoms with Crippen LogP contribution < -0.4 is 9.47 Å². The van der Waals surface area contributed by atoms with Gasteiger partial charge in [-0.2, -0.15) is 0 Å². The van der Waals surface area contributed by atoms with Crippen molar-refractivity contribution < 1.29 is 19.4 Å². The third-order valence-corrected chi connectivity index (χ3v) is 4.68. The Hall–Kier alpha value is -3.27. The molecule has 0 aliphatic carbocycles. The van der Waals surface area contributed by atoms with Gasteiger partial charge in [0.25, 0.3) is 0 Å². The number of aliphatic carboxylic acids is 1. The highest BCUT2D eigenvalue weighted by atomic mass is 16.5. The van der Waals surface area contributed by atoms with Crippen LogP contribution in [0.2, 0.25) is 0 Å². The first kappa shape index (κ1) is 20.5. The van der Waals surface area contributed by atoms with Crippen LogP contribution in [-0.2, 0) is 11.2 Å². The maximum Gasteiger partial charge on any atom is 0.311 e. The molecule has 0 heterocycles. The highest BCUT2D eigenvalue weighted by Crippen LogP contribution is 2.23. The molecule has 0 radical (unpaired) electrons. The van der Waals surface area contributed by atoms with Gasteiger partial charge in [0, 0.05) is 0 Å². The molecule has 3 rings (SSSR count). The quantitative estimate of drug-likeness (QED) is 0.512. The zero-order valence-corrected chi connectivity index (χ0v) is 16.8. The van der Waals surface area contributed by atoms with Crippen LogP contribution in [-0.4, -0.2) is 24.3 Å². The van der Waals surface area contributed by atoms with Crippen molar-refractivity contribution in [1.82, 2.24) is 0 Å². The summed E-state index contributed by atoms with van der Waals surface area (Å²) < 4.78 is 11.5. The van der Waals surface area contributed by atoms with Crippen LogP contribution >= 0.6 is 0 Å². The van der Waals surface area contributed by atoms with Crippen LogP contribution in [0.25, 0.3) is 0 Å². The second kappa shape index (κ2) is 9.78. The third-order valence-electron chi connectivity index (χ3n) is 4.68. The number of carbonyl (C=O) groups is 1. The molecule has 0 aromatic heterocycles. The normalized spacial score (nSPS) is 11.7. The van der Waals surface area contributed by atoms with E-state index in [1.165, 1.54) is 11.1 Å². The Balaban J connectivity index is 1.51. The molecule has 0 fully saturated rings. The van der Waals surface area contributed by atoms with Gasteiger partial charge in [-0.05, 0) is 66.8 Å². The van der Waals surface area contributed by atoms with E-state index in [0.717, 1.165) is 22.6 Å². The Morgan fingerprint density at radius 2 is 1.41 bits per heavy atom. The summed E-state index contributed by atoms with van der Waals surface area (Å²) in [6.45, 7) is 4.99. The summed E-state index contributed by atoms with van der Waals surface area (Å²) in [5.74, 6) is 0.209. The lowest BCUT2D eigenvalue weighted by Crippen LogP contribution is -2.14. The number of benzene rings is 3. The topological polar surface area (TPSA) is 55.8 Å². The van der Waals surface area contributed by atoms with E-state index < -0.39 is 11.9 Å². The molecule has 0 spiro atoms. The molecule has 1 atom stereocenters. The van der Waals surface area contributed by atoms with Crippen molar-refractivity contribution in [3.05, 3.63) is 95.1 Å². The second-order valence-electron chi connectivity index (χ2n) is 7.17. The fourth-order valence-corrected chi connectivity index (χ4v) is 3.33. The molecule has 0 saturated carbocycles. The van der Waals surface area contributed by atoms with Gasteiger partial charge in [-0.25, -0.2) is 0 Å². The second-order valence-corrected chi connectivity index (χ2v) is 7.17. The number of aryl methyl sites for hydroxylation is 2. The molecule has 0 aliphatic rings. The lowest BCUT2D eigenvalue weighted by Gasteiger charge is -2.13. The van der Waals surface area contributed by atoms with Gasteiger partial charge in [0.2, 0.25) is 0 Å². The monoisotopic (exact) mass is 390 g/mol. The molecule has 0 amide bonds. The first-order chi connectivity index (χ1) is 14.0. The number of ether oxygens (including phenoxy) is 2. The fraction of sp³-hybridized carbons (Fsp3) is 0.240. The van der Waals surface area contributed by atoms with E-state index in [4.69, 9.17) is 9.47 Å². The van der Waals surface area contributed by atoms with Gasteiger partial charge >= 0.3 is 5.97 Å². The summed E-state index contributed by atoms with van der Waals surface area (Å²) in [7, 11) is 0. The predicted octanol–water partition coefficient (Wildman–Crippen LogP) is 5.17. The Bertz CT molecular complexity index is 913. The van der Waals surface area contributed by atoms with E-state index in [9.17, 15) is 9.90 Å². The average molecular weight is 390 g/mol. The Kier molecular flexibility index (Phi) is 6.90. The van der Waals surface area contributed by atoms with E-state index in [0.29, 0.717) is 19.6 Å². The maximum atomic E-state index is 11.7. The van der Waals surface area contributed by atoms with Crippen molar-refractivity contribution in [3.8, 4) is 11.5 Å². The molecular formula is C25H26O4. The van der Waals surface area contributed by atoms with Gasteiger partial charge < -0.3 is 14.6 Å². The molecule has 3 aromatic rings. The maximum absolute atomic E-state index is 11.7. The van der Waals surface area contributed by atoms with Crippen molar-refractivity contribution in [2.24, 2.45) is 0 Å². The molecule has 150 valence electrons. The minimum Gasteiger partial charge on any atom is -0.490 e. The molecule has 4 nitrogen and oxygen atoms in total. The van der Waals surface area contributed by atoms with E-state index in [-0.39, 0.29) is 0 Å². The summed E-state index contributed by atoms with van der Waals surface area (Å²) in [6, 6.07) is 23.0. The van der Waals surface area contributed by atoms with Crippen LogP contribution in [0, 0.1) is 13.8 Å². The zero-order valence-electron chi connectivity index (χ0n) is 16.8. The lowest BCUT2D eigenvalue weighted by molar-refractivity contribution is -0.138. The first-order valence-electron chi connectivity index (χ1n) is 9.72. The summed E-state index contributed by atoms with van der Waals surface area (Å²) in [6.07, 6.45) is 0.440. The SMILES string of the molecule is Cc1cc(C)cc(OCCOc2ccc(CC(C(=O)O)c3ccccc3)cc2)c1. The van der Waals surface area contributed by atoms with Gasteiger partial charge in [-0.15, -0.1) is 0 Å². The highest BCUT2D eigenvalue weighted by molar-refractivity contribution is 5.76. The minimum absolute atomic E-state index is 0.439. The van der Waals surface area contributed by atoms with Gasteiger partial charge in [-0.3, -0.25) is 4.79 Å². The number of hydrogen-bond acceptors (Lipinski definition) is 3. The van der Waals surface area contributed by atoms with Gasteiger partial charge in [0.1, 0.15) is 24.7 Å². The van der Waals surface area contributed by atoms with Gasteiger partial charge in [0.15, 0.2) is 0 Å². The molecule has 29 heavy (non-hydrogen) atoms.